The number of rotatable bonds is 6. The normalized spacial score (nSPS) is 16.7. The molecule has 130 valence electrons. The summed E-state index contributed by atoms with van der Waals surface area (Å²) in [6, 6.07) is 4.88. The van der Waals surface area contributed by atoms with E-state index in [1.54, 1.807) is 23.1 Å². The number of halogens is 2. The van der Waals surface area contributed by atoms with E-state index in [4.69, 9.17) is 23.2 Å². The van der Waals surface area contributed by atoms with Crippen molar-refractivity contribution >= 4 is 40.7 Å². The smallest absolute Gasteiger partial charge is 0.244 e. The topological polar surface area (TPSA) is 49.4 Å². The molecule has 2 amide bonds. The van der Waals surface area contributed by atoms with Crippen molar-refractivity contribution in [3.8, 4) is 0 Å². The molecule has 1 aliphatic rings. The fraction of sp³-hybridized carbons (Fsp3) is 0.444. The third-order valence-corrected chi connectivity index (χ3v) is 4.51. The van der Waals surface area contributed by atoms with Crippen LogP contribution in [-0.4, -0.2) is 29.8 Å². The van der Waals surface area contributed by atoms with Crippen molar-refractivity contribution < 1.29 is 9.59 Å². The maximum Gasteiger partial charge on any atom is 0.244 e. The van der Waals surface area contributed by atoms with Crippen LogP contribution in [0.5, 0.6) is 0 Å². The van der Waals surface area contributed by atoms with Crippen LogP contribution in [0.15, 0.2) is 30.4 Å². The van der Waals surface area contributed by atoms with Crippen molar-refractivity contribution in [3.05, 3.63) is 40.4 Å². The minimum absolute atomic E-state index is 0.0199. The average molecular weight is 369 g/mol. The highest BCUT2D eigenvalue weighted by Gasteiger charge is 2.25. The molecule has 24 heavy (non-hydrogen) atoms. The molecule has 1 aromatic rings. The van der Waals surface area contributed by atoms with Gasteiger partial charge >= 0.3 is 0 Å². The van der Waals surface area contributed by atoms with Gasteiger partial charge in [-0.05, 0) is 43.9 Å². The predicted octanol–water partition coefficient (Wildman–Crippen LogP) is 4.53. The summed E-state index contributed by atoms with van der Waals surface area (Å²) >= 11 is 11.9. The van der Waals surface area contributed by atoms with Gasteiger partial charge in [-0.2, -0.15) is 0 Å². The van der Waals surface area contributed by atoms with Gasteiger partial charge in [-0.1, -0.05) is 42.3 Å². The number of anilines is 1. The molecule has 1 N–H and O–H groups in total. The highest BCUT2D eigenvalue weighted by atomic mass is 35.5. The molecule has 0 saturated heterocycles. The van der Waals surface area contributed by atoms with Crippen molar-refractivity contribution in [3.63, 3.8) is 0 Å². The Balaban J connectivity index is 1.99. The van der Waals surface area contributed by atoms with E-state index >= 15 is 0 Å². The molecule has 6 heteroatoms. The fourth-order valence-electron chi connectivity index (χ4n) is 2.77. The van der Waals surface area contributed by atoms with E-state index in [2.05, 4.69) is 11.4 Å². The van der Waals surface area contributed by atoms with Gasteiger partial charge in [0.15, 0.2) is 0 Å². The molecule has 0 fully saturated rings. The van der Waals surface area contributed by atoms with Gasteiger partial charge in [0.25, 0.3) is 0 Å². The van der Waals surface area contributed by atoms with Crippen LogP contribution >= 0.6 is 23.2 Å². The number of hydrogen-bond acceptors (Lipinski definition) is 2. The standard InChI is InChI=1S/C18H22Cl2N2O2/c1-2-10-22(18(24)13-6-4-3-5-7-13)12-17(23)21-16-9-8-14(19)11-15(16)20/h3-4,8-9,11,13H,2,5-7,10,12H2,1H3,(H,21,23)/t13-/m0/s1. The Hall–Kier alpha value is -1.52. The first-order valence-electron chi connectivity index (χ1n) is 8.20. The highest BCUT2D eigenvalue weighted by molar-refractivity contribution is 6.36. The number of allylic oxidation sites excluding steroid dienone is 2. The molecule has 0 radical (unpaired) electrons. The number of amides is 2. The van der Waals surface area contributed by atoms with Crippen LogP contribution in [0.25, 0.3) is 0 Å². The molecule has 0 spiro atoms. The molecule has 1 aliphatic carbocycles. The van der Waals surface area contributed by atoms with E-state index in [9.17, 15) is 9.59 Å². The summed E-state index contributed by atoms with van der Waals surface area (Å²) in [5.74, 6) is -0.223. The second-order valence-corrected chi connectivity index (χ2v) is 6.76. The fourth-order valence-corrected chi connectivity index (χ4v) is 3.22. The SMILES string of the molecule is CCCN(CC(=O)Nc1ccc(Cl)cc1Cl)C(=O)[C@H]1CC=CCC1. The van der Waals surface area contributed by atoms with Crippen LogP contribution in [0.2, 0.25) is 10.0 Å². The van der Waals surface area contributed by atoms with Gasteiger partial charge in [-0.25, -0.2) is 0 Å². The zero-order valence-corrected chi connectivity index (χ0v) is 15.2. The minimum atomic E-state index is -0.257. The molecule has 0 aliphatic heterocycles. The molecular weight excluding hydrogens is 347 g/mol. The van der Waals surface area contributed by atoms with Crippen LogP contribution < -0.4 is 5.32 Å². The molecule has 0 heterocycles. The summed E-state index contributed by atoms with van der Waals surface area (Å²) in [6.45, 7) is 2.60. The van der Waals surface area contributed by atoms with E-state index in [1.165, 1.54) is 0 Å². The number of nitrogens with zero attached hydrogens (tertiary/aromatic N) is 1. The molecule has 0 saturated carbocycles. The molecule has 0 unspecified atom stereocenters. The van der Waals surface area contributed by atoms with Crippen molar-refractivity contribution in [1.82, 2.24) is 4.90 Å². The minimum Gasteiger partial charge on any atom is -0.333 e. The Morgan fingerprint density at radius 3 is 2.71 bits per heavy atom. The molecule has 1 aromatic carbocycles. The van der Waals surface area contributed by atoms with Crippen LogP contribution in [0.1, 0.15) is 32.6 Å². The Labute approximate surface area is 152 Å². The highest BCUT2D eigenvalue weighted by Crippen LogP contribution is 2.25. The van der Waals surface area contributed by atoms with Crippen LogP contribution in [0.3, 0.4) is 0 Å². The first-order chi connectivity index (χ1) is 11.5. The third-order valence-electron chi connectivity index (χ3n) is 3.96. The quantitative estimate of drug-likeness (QED) is 0.749. The molecular formula is C18H22Cl2N2O2. The van der Waals surface area contributed by atoms with Crippen molar-refractivity contribution in [1.29, 1.82) is 0 Å². The predicted molar refractivity (Wildman–Crippen MR) is 98.4 cm³/mol. The lowest BCUT2D eigenvalue weighted by atomic mass is 9.93. The molecule has 0 aromatic heterocycles. The average Bonchev–Trinajstić information content (AvgIpc) is 2.57. The van der Waals surface area contributed by atoms with E-state index in [1.807, 2.05) is 13.0 Å². The number of nitrogens with one attached hydrogen (secondary N) is 1. The third kappa shape index (κ3) is 5.25. The Morgan fingerprint density at radius 1 is 1.29 bits per heavy atom. The monoisotopic (exact) mass is 368 g/mol. The largest absolute Gasteiger partial charge is 0.333 e. The second-order valence-electron chi connectivity index (χ2n) is 5.91. The summed E-state index contributed by atoms with van der Waals surface area (Å²) < 4.78 is 0. The summed E-state index contributed by atoms with van der Waals surface area (Å²) in [7, 11) is 0. The van der Waals surface area contributed by atoms with Gasteiger partial charge in [-0.15, -0.1) is 0 Å². The molecule has 2 rings (SSSR count). The van der Waals surface area contributed by atoms with Gasteiger partial charge in [0.05, 0.1) is 17.3 Å². The lowest BCUT2D eigenvalue weighted by molar-refractivity contribution is -0.138. The number of hydrogen-bond donors (Lipinski definition) is 1. The van der Waals surface area contributed by atoms with E-state index in [0.29, 0.717) is 22.3 Å². The lowest BCUT2D eigenvalue weighted by Gasteiger charge is -2.27. The van der Waals surface area contributed by atoms with E-state index < -0.39 is 0 Å². The summed E-state index contributed by atoms with van der Waals surface area (Å²) in [4.78, 5) is 26.6. The van der Waals surface area contributed by atoms with Crippen molar-refractivity contribution in [2.24, 2.45) is 5.92 Å². The number of carbonyl (C=O) groups excluding carboxylic acids is 2. The van der Waals surface area contributed by atoms with E-state index in [-0.39, 0.29) is 24.3 Å². The van der Waals surface area contributed by atoms with Gasteiger partial charge < -0.3 is 10.2 Å². The van der Waals surface area contributed by atoms with Gasteiger partial charge in [0.2, 0.25) is 11.8 Å². The van der Waals surface area contributed by atoms with Crippen molar-refractivity contribution in [2.75, 3.05) is 18.4 Å². The van der Waals surface area contributed by atoms with Crippen LogP contribution in [0, 0.1) is 5.92 Å². The maximum atomic E-state index is 12.7. The van der Waals surface area contributed by atoms with Crippen molar-refractivity contribution in [2.45, 2.75) is 32.6 Å². The zero-order valence-electron chi connectivity index (χ0n) is 13.7. The first-order valence-corrected chi connectivity index (χ1v) is 8.95. The van der Waals surface area contributed by atoms with Crippen LogP contribution in [0.4, 0.5) is 5.69 Å². The summed E-state index contributed by atoms with van der Waals surface area (Å²) in [6.07, 6.45) is 7.48. The Morgan fingerprint density at radius 2 is 2.08 bits per heavy atom. The van der Waals surface area contributed by atoms with E-state index in [0.717, 1.165) is 25.7 Å². The number of benzene rings is 1. The molecule has 0 bridgehead atoms. The first kappa shape index (κ1) is 18.8. The number of carbonyl (C=O) groups is 2. The molecule has 4 nitrogen and oxygen atoms in total. The van der Waals surface area contributed by atoms with Gasteiger partial charge in [0.1, 0.15) is 0 Å². The van der Waals surface area contributed by atoms with Gasteiger partial charge in [-0.3, -0.25) is 9.59 Å². The summed E-state index contributed by atoms with van der Waals surface area (Å²) in [5, 5.41) is 3.63. The summed E-state index contributed by atoms with van der Waals surface area (Å²) in [5.41, 5.74) is 0.496. The second kappa shape index (κ2) is 9.09. The zero-order chi connectivity index (χ0) is 17.5. The maximum absolute atomic E-state index is 12.7. The van der Waals surface area contributed by atoms with Crippen LogP contribution in [-0.2, 0) is 9.59 Å². The Bertz CT molecular complexity index is 631. The van der Waals surface area contributed by atoms with Gasteiger partial charge in [0, 0.05) is 17.5 Å². The Kier molecular flexibility index (Phi) is 7.13. The lowest BCUT2D eigenvalue weighted by Crippen LogP contribution is -2.42. The molecule has 1 atom stereocenters.